The molecule has 1 unspecified atom stereocenters. The average Bonchev–Trinajstić information content (AvgIpc) is 3.47. The third kappa shape index (κ3) is 4.41. The highest BCUT2D eigenvalue weighted by Crippen LogP contribution is 2.44. The van der Waals surface area contributed by atoms with Gasteiger partial charge in [0, 0.05) is 49.0 Å². The zero-order valence-corrected chi connectivity index (χ0v) is 22.0. The molecule has 0 fully saturated rings. The van der Waals surface area contributed by atoms with Gasteiger partial charge in [0.2, 0.25) is 0 Å². The van der Waals surface area contributed by atoms with Crippen molar-refractivity contribution < 1.29 is 4.74 Å². The molecule has 5 aromatic rings. The zero-order chi connectivity index (χ0) is 26.2. The number of ether oxygens (including phenoxy) is 1. The van der Waals surface area contributed by atoms with E-state index >= 15 is 0 Å². The van der Waals surface area contributed by atoms with E-state index in [0.29, 0.717) is 5.84 Å². The van der Waals surface area contributed by atoms with Crippen molar-refractivity contribution in [1.82, 2.24) is 0 Å². The molecule has 1 atom stereocenters. The lowest BCUT2D eigenvalue weighted by Gasteiger charge is -2.06. The van der Waals surface area contributed by atoms with Gasteiger partial charge in [0.1, 0.15) is 11.5 Å². The van der Waals surface area contributed by atoms with Crippen LogP contribution in [-0.2, 0) is 0 Å². The molecule has 0 saturated heterocycles. The minimum absolute atomic E-state index is 0.205. The monoisotopic (exact) mass is 523 g/mol. The first-order valence-corrected chi connectivity index (χ1v) is 13.9. The van der Waals surface area contributed by atoms with Gasteiger partial charge in [-0.25, -0.2) is 9.98 Å². The van der Waals surface area contributed by atoms with Crippen LogP contribution < -0.4 is 4.74 Å². The third-order valence-corrected chi connectivity index (χ3v) is 8.42. The van der Waals surface area contributed by atoms with E-state index < -0.39 is 0 Å². The Hall–Kier alpha value is -4.61. The van der Waals surface area contributed by atoms with Gasteiger partial charge in [-0.3, -0.25) is 5.41 Å². The summed E-state index contributed by atoms with van der Waals surface area (Å²) in [6.07, 6.45) is 7.91. The second kappa shape index (κ2) is 9.93. The number of thiophene rings is 1. The van der Waals surface area contributed by atoms with Gasteiger partial charge in [-0.1, -0.05) is 84.9 Å². The molecule has 188 valence electrons. The third-order valence-electron chi connectivity index (χ3n) is 7.28. The second-order valence-corrected chi connectivity index (χ2v) is 10.8. The number of hydrogen-bond donors (Lipinski definition) is 1. The maximum atomic E-state index is 9.02. The number of nitrogens with one attached hydrogen (secondary N) is 1. The Morgan fingerprint density at radius 2 is 1.64 bits per heavy atom. The van der Waals surface area contributed by atoms with Crippen molar-refractivity contribution >= 4 is 49.4 Å². The molecule has 4 nitrogen and oxygen atoms in total. The smallest absolute Gasteiger partial charge is 0.161 e. The van der Waals surface area contributed by atoms with Crippen LogP contribution in [0.1, 0.15) is 35.4 Å². The summed E-state index contributed by atoms with van der Waals surface area (Å²) in [6.45, 7) is 0. The van der Waals surface area contributed by atoms with E-state index in [-0.39, 0.29) is 11.8 Å². The first-order chi connectivity index (χ1) is 19.2. The van der Waals surface area contributed by atoms with Crippen LogP contribution in [0.4, 0.5) is 0 Å². The molecule has 4 aromatic carbocycles. The van der Waals surface area contributed by atoms with Gasteiger partial charge in [-0.2, -0.15) is 0 Å². The van der Waals surface area contributed by atoms with Gasteiger partial charge in [0.25, 0.3) is 0 Å². The number of allylic oxidation sites excluding steroid dienone is 4. The predicted molar refractivity (Wildman–Crippen MR) is 163 cm³/mol. The first-order valence-electron chi connectivity index (χ1n) is 13.1. The summed E-state index contributed by atoms with van der Waals surface area (Å²) in [5, 5.41) is 11.3. The van der Waals surface area contributed by atoms with Crippen LogP contribution in [0.5, 0.6) is 5.75 Å². The fourth-order valence-corrected chi connectivity index (χ4v) is 6.49. The minimum Gasteiger partial charge on any atom is -0.461 e. The van der Waals surface area contributed by atoms with Crippen LogP contribution >= 0.6 is 11.3 Å². The lowest BCUT2D eigenvalue weighted by atomic mass is 9.96. The summed E-state index contributed by atoms with van der Waals surface area (Å²) in [6, 6.07) is 32.6. The van der Waals surface area contributed by atoms with E-state index in [1.807, 2.05) is 66.9 Å². The molecular formula is C34H25N3OS. The van der Waals surface area contributed by atoms with Gasteiger partial charge >= 0.3 is 0 Å². The standard InChI is InChI=1S/C34H25N3OS/c35-33(27-13-8-16-31-32(27)26-12-5-7-15-30(26)39-31)37-34(23-9-2-1-3-10-23)36-21-22-17-19-25-24-11-4-6-14-28(24)38-29(25)20-18-22/h1-17,20-21,25,35H,18-19H2/b35-33?,36-21+,37-34-. The van der Waals surface area contributed by atoms with E-state index in [9.17, 15) is 0 Å². The highest BCUT2D eigenvalue weighted by Gasteiger charge is 2.29. The van der Waals surface area contributed by atoms with Crippen molar-refractivity contribution in [3.8, 4) is 5.75 Å². The number of amidine groups is 2. The molecule has 2 aliphatic rings. The van der Waals surface area contributed by atoms with Crippen molar-refractivity contribution in [3.05, 3.63) is 137 Å². The number of aliphatic imine (C=N–C) groups is 2. The van der Waals surface area contributed by atoms with Crippen LogP contribution in [0.3, 0.4) is 0 Å². The summed E-state index contributed by atoms with van der Waals surface area (Å²) in [7, 11) is 0. The molecule has 1 aliphatic heterocycles. The van der Waals surface area contributed by atoms with Crippen molar-refractivity contribution in [2.45, 2.75) is 18.8 Å². The van der Waals surface area contributed by atoms with E-state index in [1.54, 1.807) is 11.3 Å². The summed E-state index contributed by atoms with van der Waals surface area (Å²) in [4.78, 5) is 9.63. The Kier molecular flexibility index (Phi) is 5.99. The molecular weight excluding hydrogens is 498 g/mol. The zero-order valence-electron chi connectivity index (χ0n) is 21.2. The number of benzene rings is 4. The van der Waals surface area contributed by atoms with Crippen LogP contribution in [0.15, 0.2) is 131 Å². The van der Waals surface area contributed by atoms with Gasteiger partial charge in [0.05, 0.1) is 0 Å². The quantitative estimate of drug-likeness (QED) is 0.187. The average molecular weight is 524 g/mol. The molecule has 0 amide bonds. The molecule has 5 heteroatoms. The second-order valence-electron chi connectivity index (χ2n) is 9.70. The topological polar surface area (TPSA) is 57.8 Å². The molecule has 1 aliphatic carbocycles. The number of hydrogen-bond acceptors (Lipinski definition) is 3. The van der Waals surface area contributed by atoms with Crippen LogP contribution in [-0.4, -0.2) is 17.9 Å². The number of nitrogens with zero attached hydrogens (tertiary/aromatic N) is 2. The summed E-state index contributed by atoms with van der Waals surface area (Å²) in [5.74, 6) is 2.97. The molecule has 0 saturated carbocycles. The maximum absolute atomic E-state index is 9.02. The Labute approximate surface area is 230 Å². The molecule has 7 rings (SSSR count). The van der Waals surface area contributed by atoms with Crippen molar-refractivity contribution in [1.29, 1.82) is 5.41 Å². The number of rotatable bonds is 3. The Balaban J connectivity index is 1.23. The van der Waals surface area contributed by atoms with Crippen molar-refractivity contribution in [2.75, 3.05) is 0 Å². The predicted octanol–water partition coefficient (Wildman–Crippen LogP) is 8.68. The Morgan fingerprint density at radius 1 is 0.846 bits per heavy atom. The SMILES string of the molecule is N=C(/N=C(\N=C\C1=CCC2C(=CC1)Oc1ccccc12)c1ccccc1)c1cccc2sc3ccccc3c12. The fourth-order valence-electron chi connectivity index (χ4n) is 5.35. The Morgan fingerprint density at radius 3 is 2.56 bits per heavy atom. The number of fused-ring (bicyclic) bond motifs is 6. The molecule has 0 bridgehead atoms. The minimum atomic E-state index is 0.205. The molecule has 0 spiro atoms. The van der Waals surface area contributed by atoms with Gasteiger partial charge in [0.15, 0.2) is 11.7 Å². The summed E-state index contributed by atoms with van der Waals surface area (Å²) < 4.78 is 8.50. The van der Waals surface area contributed by atoms with Gasteiger partial charge in [-0.05, 0) is 42.7 Å². The summed E-state index contributed by atoms with van der Waals surface area (Å²) in [5.41, 5.74) is 4.05. The maximum Gasteiger partial charge on any atom is 0.161 e. The lowest BCUT2D eigenvalue weighted by molar-refractivity contribution is 0.426. The largest absolute Gasteiger partial charge is 0.461 e. The number of para-hydroxylation sites is 1. The molecule has 0 radical (unpaired) electrons. The first kappa shape index (κ1) is 23.5. The fraction of sp³-hybridized carbons (Fsp3) is 0.0882. The van der Waals surface area contributed by atoms with E-state index in [0.717, 1.165) is 56.5 Å². The van der Waals surface area contributed by atoms with Crippen molar-refractivity contribution in [2.24, 2.45) is 9.98 Å². The highest BCUT2D eigenvalue weighted by atomic mass is 32.1. The highest BCUT2D eigenvalue weighted by molar-refractivity contribution is 7.25. The Bertz CT molecular complexity index is 1860. The van der Waals surface area contributed by atoms with E-state index in [4.69, 9.17) is 20.1 Å². The van der Waals surface area contributed by atoms with E-state index in [2.05, 4.69) is 48.6 Å². The van der Waals surface area contributed by atoms with Crippen LogP contribution in [0.25, 0.3) is 20.2 Å². The van der Waals surface area contributed by atoms with Gasteiger partial charge < -0.3 is 4.74 Å². The summed E-state index contributed by atoms with van der Waals surface area (Å²) >= 11 is 1.74. The lowest BCUT2D eigenvalue weighted by Crippen LogP contribution is -2.05. The van der Waals surface area contributed by atoms with Crippen LogP contribution in [0.2, 0.25) is 0 Å². The van der Waals surface area contributed by atoms with Gasteiger partial charge in [-0.15, -0.1) is 11.3 Å². The van der Waals surface area contributed by atoms with Crippen molar-refractivity contribution in [3.63, 3.8) is 0 Å². The molecule has 1 N–H and O–H groups in total. The normalized spacial score (nSPS) is 16.9. The molecule has 1 aromatic heterocycles. The molecule has 2 heterocycles. The van der Waals surface area contributed by atoms with E-state index in [1.165, 1.54) is 10.3 Å². The molecule has 39 heavy (non-hydrogen) atoms. The van der Waals surface area contributed by atoms with Crippen LogP contribution in [0, 0.1) is 5.41 Å².